The van der Waals surface area contributed by atoms with E-state index in [1.807, 2.05) is 36.2 Å². The van der Waals surface area contributed by atoms with Crippen LogP contribution in [0.2, 0.25) is 0 Å². The van der Waals surface area contributed by atoms with E-state index in [2.05, 4.69) is 15.3 Å². The molecule has 29 heavy (non-hydrogen) atoms. The van der Waals surface area contributed by atoms with Crippen molar-refractivity contribution >= 4 is 5.91 Å². The number of halogens is 1. The molecule has 3 heterocycles. The van der Waals surface area contributed by atoms with Gasteiger partial charge in [0.25, 0.3) is 0 Å². The molecule has 4 rings (SSSR count). The van der Waals surface area contributed by atoms with E-state index in [-0.39, 0.29) is 11.9 Å². The van der Waals surface area contributed by atoms with Crippen LogP contribution in [0.4, 0.5) is 4.39 Å². The van der Waals surface area contributed by atoms with Gasteiger partial charge >= 0.3 is 0 Å². The molecule has 0 radical (unpaired) electrons. The summed E-state index contributed by atoms with van der Waals surface area (Å²) in [4.78, 5) is 23.1. The van der Waals surface area contributed by atoms with Gasteiger partial charge in [0.1, 0.15) is 0 Å². The summed E-state index contributed by atoms with van der Waals surface area (Å²) in [5, 5.41) is 3.09. The van der Waals surface area contributed by atoms with Crippen LogP contribution in [0.25, 0.3) is 11.3 Å². The van der Waals surface area contributed by atoms with Gasteiger partial charge in [-0.1, -0.05) is 24.3 Å². The maximum atomic E-state index is 14.2. The number of rotatable bonds is 5. The highest BCUT2D eigenvalue weighted by atomic mass is 19.1. The molecule has 6 nitrogen and oxygen atoms in total. The Morgan fingerprint density at radius 1 is 1.34 bits per heavy atom. The SMILES string of the molecule is Cc1ccc(C(NC(=O)C2CCCN2C)c2cccc(-c3cnco3)c2)nc1F. The van der Waals surface area contributed by atoms with Crippen LogP contribution in [0, 0.1) is 12.9 Å². The third kappa shape index (κ3) is 4.05. The van der Waals surface area contributed by atoms with E-state index < -0.39 is 12.0 Å². The van der Waals surface area contributed by atoms with E-state index >= 15 is 0 Å². The fourth-order valence-electron chi connectivity index (χ4n) is 3.72. The van der Waals surface area contributed by atoms with E-state index in [1.165, 1.54) is 6.39 Å². The minimum atomic E-state index is -0.575. The number of likely N-dealkylation sites (tertiary alicyclic amines) is 1. The second-order valence-corrected chi connectivity index (χ2v) is 7.42. The molecule has 2 unspecified atom stereocenters. The summed E-state index contributed by atoms with van der Waals surface area (Å²) in [7, 11) is 1.95. The Morgan fingerprint density at radius 3 is 2.90 bits per heavy atom. The number of benzene rings is 1. The van der Waals surface area contributed by atoms with Gasteiger partial charge in [0.2, 0.25) is 11.9 Å². The second kappa shape index (κ2) is 8.13. The number of nitrogens with one attached hydrogen (secondary N) is 1. The monoisotopic (exact) mass is 394 g/mol. The van der Waals surface area contributed by atoms with Crippen LogP contribution in [0.15, 0.2) is 53.4 Å². The summed E-state index contributed by atoms with van der Waals surface area (Å²) >= 11 is 0. The number of carbonyl (C=O) groups is 1. The predicted molar refractivity (Wildman–Crippen MR) is 107 cm³/mol. The molecule has 0 aliphatic carbocycles. The molecular weight excluding hydrogens is 371 g/mol. The van der Waals surface area contributed by atoms with E-state index in [1.54, 1.807) is 25.3 Å². The Bertz CT molecular complexity index is 1010. The molecule has 7 heteroatoms. The first kappa shape index (κ1) is 19.3. The first-order valence-corrected chi connectivity index (χ1v) is 9.65. The lowest BCUT2D eigenvalue weighted by atomic mass is 9.99. The molecule has 1 amide bonds. The molecule has 1 aliphatic heterocycles. The summed E-state index contributed by atoms with van der Waals surface area (Å²) in [6.07, 6.45) is 4.79. The average molecular weight is 394 g/mol. The first-order valence-electron chi connectivity index (χ1n) is 9.65. The number of nitrogens with zero attached hydrogens (tertiary/aromatic N) is 3. The number of carbonyl (C=O) groups excluding carboxylic acids is 1. The van der Waals surface area contributed by atoms with Gasteiger partial charge in [0, 0.05) is 11.1 Å². The number of hydrogen-bond acceptors (Lipinski definition) is 5. The van der Waals surface area contributed by atoms with Crippen molar-refractivity contribution in [2.75, 3.05) is 13.6 Å². The lowest BCUT2D eigenvalue weighted by Gasteiger charge is -2.24. The van der Waals surface area contributed by atoms with Crippen LogP contribution in [0.1, 0.15) is 35.7 Å². The smallest absolute Gasteiger partial charge is 0.238 e. The highest BCUT2D eigenvalue weighted by Gasteiger charge is 2.30. The number of pyridine rings is 1. The number of likely N-dealkylation sites (N-methyl/N-ethyl adjacent to an activating group) is 1. The van der Waals surface area contributed by atoms with Crippen molar-refractivity contribution in [3.05, 3.63) is 71.8 Å². The third-order valence-electron chi connectivity index (χ3n) is 5.40. The van der Waals surface area contributed by atoms with E-state index in [4.69, 9.17) is 4.42 Å². The minimum Gasteiger partial charge on any atom is -0.444 e. The number of aromatic nitrogens is 2. The Kier molecular flexibility index (Phi) is 5.40. The molecule has 1 aromatic carbocycles. The quantitative estimate of drug-likeness (QED) is 0.671. The summed E-state index contributed by atoms with van der Waals surface area (Å²) in [5.41, 5.74) is 2.54. The van der Waals surface area contributed by atoms with Crippen LogP contribution < -0.4 is 5.32 Å². The topological polar surface area (TPSA) is 71.3 Å². The minimum absolute atomic E-state index is 0.0807. The van der Waals surface area contributed by atoms with Crippen molar-refractivity contribution in [3.63, 3.8) is 0 Å². The fraction of sp³-hybridized carbons (Fsp3) is 0.318. The Morgan fingerprint density at radius 2 is 2.21 bits per heavy atom. The third-order valence-corrected chi connectivity index (χ3v) is 5.40. The highest BCUT2D eigenvalue weighted by molar-refractivity contribution is 5.83. The van der Waals surface area contributed by atoms with Gasteiger partial charge in [-0.3, -0.25) is 9.69 Å². The Labute approximate surface area is 168 Å². The first-order chi connectivity index (χ1) is 14.0. The molecule has 1 saturated heterocycles. The molecule has 0 spiro atoms. The van der Waals surface area contributed by atoms with Crippen molar-refractivity contribution < 1.29 is 13.6 Å². The number of oxazole rings is 1. The van der Waals surface area contributed by atoms with Crippen molar-refractivity contribution in [2.24, 2.45) is 0 Å². The van der Waals surface area contributed by atoms with Crippen LogP contribution in [-0.2, 0) is 4.79 Å². The standard InChI is InChI=1S/C22H23FN4O2/c1-14-8-9-17(25-21(14)23)20(26-22(28)18-7-4-10-27(18)2)16-6-3-5-15(11-16)19-12-24-13-29-19/h3,5-6,8-9,11-13,18,20H,4,7,10H2,1-2H3,(H,26,28). The van der Waals surface area contributed by atoms with Crippen molar-refractivity contribution in [2.45, 2.75) is 31.8 Å². The van der Waals surface area contributed by atoms with Gasteiger partial charge in [-0.25, -0.2) is 9.97 Å². The van der Waals surface area contributed by atoms with E-state index in [9.17, 15) is 9.18 Å². The van der Waals surface area contributed by atoms with Gasteiger partial charge < -0.3 is 9.73 Å². The second-order valence-electron chi connectivity index (χ2n) is 7.42. The van der Waals surface area contributed by atoms with Gasteiger partial charge in [-0.05, 0) is 51.1 Å². The zero-order valence-electron chi connectivity index (χ0n) is 16.4. The highest BCUT2D eigenvalue weighted by Crippen LogP contribution is 2.27. The number of amides is 1. The lowest BCUT2D eigenvalue weighted by Crippen LogP contribution is -2.43. The summed E-state index contributed by atoms with van der Waals surface area (Å²) in [6.45, 7) is 2.55. The van der Waals surface area contributed by atoms with E-state index in [0.717, 1.165) is 30.5 Å². The maximum Gasteiger partial charge on any atom is 0.238 e. The Hall–Kier alpha value is -3.06. The molecule has 150 valence electrons. The average Bonchev–Trinajstić information content (AvgIpc) is 3.40. The van der Waals surface area contributed by atoms with Crippen molar-refractivity contribution in [1.82, 2.24) is 20.2 Å². The molecule has 1 fully saturated rings. The molecule has 2 aromatic heterocycles. The van der Waals surface area contributed by atoms with Gasteiger partial charge in [0.15, 0.2) is 12.2 Å². The predicted octanol–water partition coefficient (Wildman–Crippen LogP) is 3.48. The molecule has 1 N–H and O–H groups in total. The van der Waals surface area contributed by atoms with Crippen molar-refractivity contribution in [3.8, 4) is 11.3 Å². The van der Waals surface area contributed by atoms with Crippen LogP contribution >= 0.6 is 0 Å². The summed E-state index contributed by atoms with van der Waals surface area (Å²) < 4.78 is 19.6. The Balaban J connectivity index is 1.71. The van der Waals surface area contributed by atoms with Crippen LogP contribution in [-0.4, -0.2) is 40.4 Å². The largest absolute Gasteiger partial charge is 0.444 e. The van der Waals surface area contributed by atoms with Crippen molar-refractivity contribution in [1.29, 1.82) is 0 Å². The zero-order chi connectivity index (χ0) is 20.4. The number of hydrogen-bond donors (Lipinski definition) is 1. The molecule has 3 aromatic rings. The van der Waals surface area contributed by atoms with Gasteiger partial charge in [0.05, 0.1) is 24.0 Å². The maximum absolute atomic E-state index is 14.2. The van der Waals surface area contributed by atoms with Crippen LogP contribution in [0.3, 0.4) is 0 Å². The zero-order valence-corrected chi connectivity index (χ0v) is 16.4. The number of aryl methyl sites for hydroxylation is 1. The summed E-state index contributed by atoms with van der Waals surface area (Å²) in [5.74, 6) is 0.00414. The van der Waals surface area contributed by atoms with Crippen LogP contribution in [0.5, 0.6) is 0 Å². The normalized spacial score (nSPS) is 18.0. The van der Waals surface area contributed by atoms with E-state index in [0.29, 0.717) is 17.0 Å². The molecule has 2 atom stereocenters. The molecule has 1 aliphatic rings. The molecule has 0 bridgehead atoms. The fourth-order valence-corrected chi connectivity index (χ4v) is 3.72. The van der Waals surface area contributed by atoms with Gasteiger partial charge in [-0.15, -0.1) is 0 Å². The lowest BCUT2D eigenvalue weighted by molar-refractivity contribution is -0.125. The summed E-state index contributed by atoms with van der Waals surface area (Å²) in [6, 6.07) is 10.2. The van der Waals surface area contributed by atoms with Gasteiger partial charge in [-0.2, -0.15) is 4.39 Å². The molecule has 0 saturated carbocycles. The molecular formula is C22H23FN4O2.